The average molecular weight is 383 g/mol. The smallest absolute Gasteiger partial charge is 0.136 e. The molecule has 146 valence electrons. The van der Waals surface area contributed by atoms with Crippen LogP contribution in [0.1, 0.15) is 65.2 Å². The first-order valence-corrected chi connectivity index (χ1v) is 11.3. The van der Waals surface area contributed by atoms with Crippen molar-refractivity contribution >= 4 is 19.6 Å². The molecule has 0 fully saturated rings. The summed E-state index contributed by atoms with van der Waals surface area (Å²) in [7, 11) is -0.458. The van der Waals surface area contributed by atoms with Crippen LogP contribution in [0.5, 0.6) is 0 Å². The lowest BCUT2D eigenvalue weighted by Crippen LogP contribution is -2.20. The van der Waals surface area contributed by atoms with Gasteiger partial charge in [0.05, 0.1) is 0 Å². The first kappa shape index (κ1) is 21.6. The SMILES string of the molecule is Cc1ccc(C(=NP(C(C)C)C(C)C)Nc2ccccc2C(C)(C)C)cc1. The summed E-state index contributed by atoms with van der Waals surface area (Å²) < 4.78 is 5.26. The van der Waals surface area contributed by atoms with Crippen LogP contribution < -0.4 is 5.32 Å². The van der Waals surface area contributed by atoms with Crippen molar-refractivity contribution in [1.82, 2.24) is 0 Å². The Hall–Kier alpha value is -1.66. The molecule has 1 N–H and O–H groups in total. The summed E-state index contributed by atoms with van der Waals surface area (Å²) >= 11 is 0. The van der Waals surface area contributed by atoms with Crippen LogP contribution in [0, 0.1) is 6.92 Å². The van der Waals surface area contributed by atoms with Crippen LogP contribution >= 0.6 is 8.07 Å². The third kappa shape index (κ3) is 5.91. The van der Waals surface area contributed by atoms with E-state index >= 15 is 0 Å². The molecule has 0 unspecified atom stereocenters. The van der Waals surface area contributed by atoms with Gasteiger partial charge in [0.2, 0.25) is 0 Å². The van der Waals surface area contributed by atoms with E-state index in [0.29, 0.717) is 11.3 Å². The van der Waals surface area contributed by atoms with Crippen LogP contribution in [0.3, 0.4) is 0 Å². The molecular weight excluding hydrogens is 347 g/mol. The Labute approximate surface area is 167 Å². The predicted molar refractivity (Wildman–Crippen MR) is 124 cm³/mol. The van der Waals surface area contributed by atoms with Crippen LogP contribution in [0.15, 0.2) is 53.3 Å². The Balaban J connectivity index is 2.53. The van der Waals surface area contributed by atoms with Crippen LogP contribution in [-0.2, 0) is 5.41 Å². The van der Waals surface area contributed by atoms with E-state index in [0.717, 1.165) is 17.1 Å². The van der Waals surface area contributed by atoms with Crippen LogP contribution in [-0.4, -0.2) is 17.2 Å². The van der Waals surface area contributed by atoms with Gasteiger partial charge in [0.1, 0.15) is 5.84 Å². The van der Waals surface area contributed by atoms with E-state index < -0.39 is 8.07 Å². The molecule has 0 aliphatic heterocycles. The number of anilines is 1. The predicted octanol–water partition coefficient (Wildman–Crippen LogP) is 7.36. The second kappa shape index (κ2) is 9.02. The van der Waals surface area contributed by atoms with Gasteiger partial charge in [0, 0.05) is 19.3 Å². The van der Waals surface area contributed by atoms with E-state index in [1.165, 1.54) is 11.1 Å². The quantitative estimate of drug-likeness (QED) is 0.326. The summed E-state index contributed by atoms with van der Waals surface area (Å²) in [5.41, 5.74) is 6.06. The van der Waals surface area contributed by atoms with E-state index in [1.807, 2.05) is 0 Å². The van der Waals surface area contributed by atoms with Crippen molar-refractivity contribution in [2.45, 2.75) is 72.1 Å². The second-order valence-electron chi connectivity index (χ2n) is 8.80. The third-order valence-corrected chi connectivity index (χ3v) is 7.13. The van der Waals surface area contributed by atoms with Gasteiger partial charge in [-0.15, -0.1) is 0 Å². The highest BCUT2D eigenvalue weighted by atomic mass is 31.1. The van der Waals surface area contributed by atoms with E-state index in [9.17, 15) is 0 Å². The number of amidine groups is 1. The van der Waals surface area contributed by atoms with Gasteiger partial charge >= 0.3 is 0 Å². The Kier molecular flexibility index (Phi) is 7.23. The van der Waals surface area contributed by atoms with Gasteiger partial charge in [0.25, 0.3) is 0 Å². The zero-order valence-electron chi connectivity index (χ0n) is 18.2. The number of hydrogen-bond acceptors (Lipinski definition) is 1. The van der Waals surface area contributed by atoms with Crippen molar-refractivity contribution in [3.8, 4) is 0 Å². The molecule has 2 aromatic carbocycles. The fraction of sp³-hybridized carbons (Fsp3) is 0.458. The lowest BCUT2D eigenvalue weighted by Gasteiger charge is -2.26. The molecule has 0 radical (unpaired) electrons. The van der Waals surface area contributed by atoms with Gasteiger partial charge in [-0.1, -0.05) is 96.5 Å². The average Bonchev–Trinajstić information content (AvgIpc) is 2.58. The van der Waals surface area contributed by atoms with Crippen LogP contribution in [0.4, 0.5) is 5.69 Å². The molecule has 2 aromatic rings. The Morgan fingerprint density at radius 1 is 0.889 bits per heavy atom. The zero-order chi connectivity index (χ0) is 20.2. The molecule has 0 saturated heterocycles. The molecule has 0 spiro atoms. The Bertz CT molecular complexity index is 760. The minimum absolute atomic E-state index is 0.0722. The van der Waals surface area contributed by atoms with E-state index in [4.69, 9.17) is 4.76 Å². The molecule has 0 aliphatic carbocycles. The van der Waals surface area contributed by atoms with Crippen LogP contribution in [0.2, 0.25) is 0 Å². The topological polar surface area (TPSA) is 24.4 Å². The minimum Gasteiger partial charge on any atom is -0.340 e. The molecule has 27 heavy (non-hydrogen) atoms. The molecular formula is C24H35N2P. The highest BCUT2D eigenvalue weighted by Gasteiger charge is 2.21. The maximum atomic E-state index is 5.26. The number of aryl methyl sites for hydroxylation is 1. The molecule has 2 nitrogen and oxygen atoms in total. The number of para-hydroxylation sites is 1. The highest BCUT2D eigenvalue weighted by molar-refractivity contribution is 7.57. The number of rotatable bonds is 5. The first-order chi connectivity index (χ1) is 12.6. The van der Waals surface area contributed by atoms with Crippen molar-refractivity contribution in [3.05, 3.63) is 65.2 Å². The summed E-state index contributed by atoms with van der Waals surface area (Å²) in [6.07, 6.45) is 0. The molecule has 0 bridgehead atoms. The monoisotopic (exact) mass is 382 g/mol. The van der Waals surface area contributed by atoms with Crippen LogP contribution in [0.25, 0.3) is 0 Å². The van der Waals surface area contributed by atoms with Crippen molar-refractivity contribution in [2.75, 3.05) is 5.32 Å². The normalized spacial score (nSPS) is 12.9. The zero-order valence-corrected chi connectivity index (χ0v) is 19.1. The molecule has 0 aliphatic rings. The molecule has 0 aromatic heterocycles. The van der Waals surface area contributed by atoms with E-state index in [1.54, 1.807) is 0 Å². The third-order valence-electron chi connectivity index (χ3n) is 4.59. The number of nitrogens with zero attached hydrogens (tertiary/aromatic N) is 1. The molecule has 0 heterocycles. The van der Waals surface area contributed by atoms with Gasteiger partial charge < -0.3 is 5.32 Å². The summed E-state index contributed by atoms with van der Waals surface area (Å²) in [5, 5.41) is 3.70. The summed E-state index contributed by atoms with van der Waals surface area (Å²) in [4.78, 5) is 0. The summed E-state index contributed by atoms with van der Waals surface area (Å²) in [6.45, 7) is 18.0. The summed E-state index contributed by atoms with van der Waals surface area (Å²) in [6, 6.07) is 17.3. The minimum atomic E-state index is -0.458. The second-order valence-corrected chi connectivity index (χ2v) is 11.8. The lowest BCUT2D eigenvalue weighted by atomic mass is 9.86. The maximum absolute atomic E-state index is 5.26. The fourth-order valence-electron chi connectivity index (χ4n) is 3.18. The van der Waals surface area contributed by atoms with E-state index in [-0.39, 0.29) is 5.41 Å². The first-order valence-electron chi connectivity index (χ1n) is 9.90. The summed E-state index contributed by atoms with van der Waals surface area (Å²) in [5.74, 6) is 0.986. The van der Waals surface area contributed by atoms with Crippen molar-refractivity contribution in [3.63, 3.8) is 0 Å². The van der Waals surface area contributed by atoms with Gasteiger partial charge in [-0.2, -0.15) is 0 Å². The standard InChI is InChI=1S/C24H35N2P/c1-17(2)27(18(3)4)26-23(20-15-13-19(5)14-16-20)25-22-12-10-9-11-21(22)24(6,7)8/h9-18H,1-8H3,(H,25,26). The van der Waals surface area contributed by atoms with Crippen molar-refractivity contribution < 1.29 is 0 Å². The number of benzene rings is 2. The van der Waals surface area contributed by atoms with E-state index in [2.05, 4.69) is 109 Å². The van der Waals surface area contributed by atoms with Crippen molar-refractivity contribution in [2.24, 2.45) is 4.76 Å². The van der Waals surface area contributed by atoms with Gasteiger partial charge in [-0.05, 0) is 35.3 Å². The van der Waals surface area contributed by atoms with Gasteiger partial charge in [-0.3, -0.25) is 0 Å². The lowest BCUT2D eigenvalue weighted by molar-refractivity contribution is 0.592. The maximum Gasteiger partial charge on any atom is 0.136 e. The molecule has 0 atom stereocenters. The molecule has 2 rings (SSSR count). The Morgan fingerprint density at radius 3 is 1.96 bits per heavy atom. The molecule has 0 amide bonds. The largest absolute Gasteiger partial charge is 0.340 e. The van der Waals surface area contributed by atoms with Crippen molar-refractivity contribution in [1.29, 1.82) is 0 Å². The fourth-order valence-corrected chi connectivity index (χ4v) is 5.23. The molecule has 0 saturated carbocycles. The van der Waals surface area contributed by atoms with Gasteiger partial charge in [-0.25, -0.2) is 4.76 Å². The van der Waals surface area contributed by atoms with Gasteiger partial charge in [0.15, 0.2) is 0 Å². The Morgan fingerprint density at radius 2 is 1.44 bits per heavy atom. The highest BCUT2D eigenvalue weighted by Crippen LogP contribution is 2.48. The molecule has 3 heteroatoms. The number of hydrogen-bond donors (Lipinski definition) is 1. The number of nitrogens with one attached hydrogen (secondary N) is 1.